The Labute approximate surface area is 74.3 Å². The largest absolute Gasteiger partial charge is 0.192 e. The molecule has 0 aliphatic carbocycles. The van der Waals surface area contributed by atoms with Crippen molar-refractivity contribution in [1.82, 2.24) is 0 Å². The normalized spacial score (nSPS) is 18.1. The summed E-state index contributed by atoms with van der Waals surface area (Å²) in [6.45, 7) is 2.06. The van der Waals surface area contributed by atoms with Gasteiger partial charge in [0.05, 0.1) is 4.58 Å². The molecular formula is C7H6N2S2. The summed E-state index contributed by atoms with van der Waals surface area (Å²) in [5.41, 5.74) is 0. The summed E-state index contributed by atoms with van der Waals surface area (Å²) in [5, 5.41) is 17.2. The van der Waals surface area contributed by atoms with Crippen LogP contribution in [0.2, 0.25) is 0 Å². The average Bonchev–Trinajstić information content (AvgIpc) is 2.46. The van der Waals surface area contributed by atoms with Gasteiger partial charge in [0.2, 0.25) is 0 Å². The Hall–Kier alpha value is -0.580. The maximum atomic E-state index is 8.59. The van der Waals surface area contributed by atoms with Crippen LogP contribution in [0, 0.1) is 22.7 Å². The average molecular weight is 182 g/mol. The number of hydrogen-bond donors (Lipinski definition) is 0. The summed E-state index contributed by atoms with van der Waals surface area (Å²) in [7, 11) is 0. The van der Waals surface area contributed by atoms with Crippen molar-refractivity contribution in [2.45, 2.75) is 17.9 Å². The molecule has 0 N–H and O–H groups in total. The second-order valence-corrected chi connectivity index (χ2v) is 4.68. The summed E-state index contributed by atoms with van der Waals surface area (Å²) >= 11 is 3.00. The van der Waals surface area contributed by atoms with Crippen molar-refractivity contribution < 1.29 is 0 Å². The molecule has 0 atom stereocenters. The topological polar surface area (TPSA) is 47.6 Å². The Kier molecular flexibility index (Phi) is 2.87. The van der Waals surface area contributed by atoms with Gasteiger partial charge in [0.25, 0.3) is 0 Å². The van der Waals surface area contributed by atoms with E-state index in [4.69, 9.17) is 10.5 Å². The first kappa shape index (κ1) is 8.52. The molecule has 1 rings (SSSR count). The molecule has 1 aliphatic rings. The highest BCUT2D eigenvalue weighted by Crippen LogP contribution is 2.46. The Morgan fingerprint density at radius 3 is 2.00 bits per heavy atom. The first-order valence-electron chi connectivity index (χ1n) is 3.19. The fourth-order valence-corrected chi connectivity index (χ4v) is 3.04. The standard InChI is InChI=1S/C7H6N2S2/c1-2-7-10-5(3-8)6(4-9)11-7/h7H,2H2,1H3. The SMILES string of the molecule is CCC1SC(C#N)=C(C#N)S1. The molecule has 0 spiro atoms. The van der Waals surface area contributed by atoms with Crippen molar-refractivity contribution in [2.75, 3.05) is 0 Å². The molecule has 0 radical (unpaired) electrons. The van der Waals surface area contributed by atoms with Gasteiger partial charge in [-0.25, -0.2) is 0 Å². The molecule has 0 bridgehead atoms. The molecular weight excluding hydrogens is 176 g/mol. The van der Waals surface area contributed by atoms with E-state index in [1.165, 1.54) is 23.5 Å². The minimum atomic E-state index is 0.374. The van der Waals surface area contributed by atoms with Gasteiger partial charge in [0.1, 0.15) is 21.9 Å². The fraction of sp³-hybridized carbons (Fsp3) is 0.429. The van der Waals surface area contributed by atoms with Crippen LogP contribution in [0.25, 0.3) is 0 Å². The number of nitrogens with zero attached hydrogens (tertiary/aromatic N) is 2. The third kappa shape index (κ3) is 1.71. The zero-order valence-electron chi connectivity index (χ0n) is 6.00. The molecule has 2 nitrogen and oxygen atoms in total. The smallest absolute Gasteiger partial charge is 0.110 e. The van der Waals surface area contributed by atoms with E-state index in [0.29, 0.717) is 14.4 Å². The Morgan fingerprint density at radius 2 is 1.73 bits per heavy atom. The summed E-state index contributed by atoms with van der Waals surface area (Å²) in [6.07, 6.45) is 0.992. The van der Waals surface area contributed by atoms with Gasteiger partial charge < -0.3 is 0 Å². The van der Waals surface area contributed by atoms with Crippen molar-refractivity contribution in [1.29, 1.82) is 10.5 Å². The number of thioether (sulfide) groups is 2. The molecule has 56 valence electrons. The molecule has 11 heavy (non-hydrogen) atoms. The van der Waals surface area contributed by atoms with Crippen LogP contribution in [0.1, 0.15) is 13.3 Å². The maximum absolute atomic E-state index is 8.59. The predicted molar refractivity (Wildman–Crippen MR) is 47.5 cm³/mol. The number of allylic oxidation sites excluding steroid dienone is 2. The third-order valence-electron chi connectivity index (χ3n) is 1.24. The monoisotopic (exact) mass is 182 g/mol. The van der Waals surface area contributed by atoms with Crippen LogP contribution in [-0.4, -0.2) is 4.58 Å². The zero-order chi connectivity index (χ0) is 8.27. The van der Waals surface area contributed by atoms with Crippen LogP contribution in [-0.2, 0) is 0 Å². The second kappa shape index (κ2) is 3.71. The van der Waals surface area contributed by atoms with Crippen molar-refractivity contribution >= 4 is 23.5 Å². The van der Waals surface area contributed by atoms with E-state index < -0.39 is 0 Å². The van der Waals surface area contributed by atoms with E-state index in [9.17, 15) is 0 Å². The molecule has 0 aromatic carbocycles. The summed E-state index contributed by atoms with van der Waals surface area (Å²) in [6, 6.07) is 4.06. The van der Waals surface area contributed by atoms with Crippen molar-refractivity contribution in [3.05, 3.63) is 9.81 Å². The van der Waals surface area contributed by atoms with Crippen LogP contribution in [0.15, 0.2) is 9.81 Å². The van der Waals surface area contributed by atoms with Gasteiger partial charge in [-0.05, 0) is 6.42 Å². The molecule has 0 saturated heterocycles. The van der Waals surface area contributed by atoms with E-state index >= 15 is 0 Å². The minimum Gasteiger partial charge on any atom is -0.192 e. The van der Waals surface area contributed by atoms with E-state index in [1.54, 1.807) is 0 Å². The van der Waals surface area contributed by atoms with Crippen LogP contribution in [0.5, 0.6) is 0 Å². The van der Waals surface area contributed by atoms with Crippen LogP contribution < -0.4 is 0 Å². The van der Waals surface area contributed by atoms with Crippen molar-refractivity contribution in [3.63, 3.8) is 0 Å². The fourth-order valence-electron chi connectivity index (χ4n) is 0.715. The number of nitriles is 2. The predicted octanol–water partition coefficient (Wildman–Crippen LogP) is 2.46. The van der Waals surface area contributed by atoms with Gasteiger partial charge in [-0.1, -0.05) is 30.4 Å². The third-order valence-corrected chi connectivity index (χ3v) is 4.20. The van der Waals surface area contributed by atoms with E-state index in [1.807, 2.05) is 12.1 Å². The maximum Gasteiger partial charge on any atom is 0.110 e. The van der Waals surface area contributed by atoms with E-state index in [2.05, 4.69) is 6.92 Å². The lowest BCUT2D eigenvalue weighted by Gasteiger charge is -2.00. The van der Waals surface area contributed by atoms with Crippen LogP contribution >= 0.6 is 23.5 Å². The molecule has 1 heterocycles. The highest BCUT2D eigenvalue weighted by atomic mass is 32.2. The van der Waals surface area contributed by atoms with Gasteiger partial charge in [0, 0.05) is 0 Å². The van der Waals surface area contributed by atoms with E-state index in [-0.39, 0.29) is 0 Å². The lowest BCUT2D eigenvalue weighted by atomic mass is 10.5. The first-order valence-corrected chi connectivity index (χ1v) is 4.95. The highest BCUT2D eigenvalue weighted by Gasteiger charge is 2.24. The summed E-state index contributed by atoms with van der Waals surface area (Å²) < 4.78 is 0.374. The Bertz CT molecular complexity index is 243. The van der Waals surface area contributed by atoms with Gasteiger partial charge in [-0.2, -0.15) is 10.5 Å². The van der Waals surface area contributed by atoms with Crippen molar-refractivity contribution in [2.24, 2.45) is 0 Å². The Balaban J connectivity index is 2.76. The molecule has 1 aliphatic heterocycles. The molecule has 0 saturated carbocycles. The molecule has 0 fully saturated rings. The first-order chi connectivity index (χ1) is 5.31. The van der Waals surface area contributed by atoms with Gasteiger partial charge >= 0.3 is 0 Å². The quantitative estimate of drug-likeness (QED) is 0.625. The molecule has 0 amide bonds. The number of rotatable bonds is 1. The zero-order valence-corrected chi connectivity index (χ0v) is 7.63. The molecule has 4 heteroatoms. The molecule has 0 aromatic heterocycles. The molecule has 0 unspecified atom stereocenters. The summed E-state index contributed by atoms with van der Waals surface area (Å²) in [4.78, 5) is 1.17. The summed E-state index contributed by atoms with van der Waals surface area (Å²) in [5.74, 6) is 0. The van der Waals surface area contributed by atoms with Gasteiger partial charge in [-0.3, -0.25) is 0 Å². The van der Waals surface area contributed by atoms with Crippen LogP contribution in [0.3, 0.4) is 0 Å². The Morgan fingerprint density at radius 1 is 1.27 bits per heavy atom. The molecule has 0 aromatic rings. The minimum absolute atomic E-state index is 0.374. The van der Waals surface area contributed by atoms with Crippen LogP contribution in [0.4, 0.5) is 0 Å². The van der Waals surface area contributed by atoms with Crippen molar-refractivity contribution in [3.8, 4) is 12.1 Å². The highest BCUT2D eigenvalue weighted by molar-refractivity contribution is 8.23. The second-order valence-electron chi connectivity index (χ2n) is 1.96. The van der Waals surface area contributed by atoms with Gasteiger partial charge in [-0.15, -0.1) is 0 Å². The van der Waals surface area contributed by atoms with E-state index in [0.717, 1.165) is 6.42 Å². The number of hydrogen-bond acceptors (Lipinski definition) is 4. The lowest BCUT2D eigenvalue weighted by molar-refractivity contribution is 1.06. The van der Waals surface area contributed by atoms with Gasteiger partial charge in [0.15, 0.2) is 0 Å². The lowest BCUT2D eigenvalue weighted by Crippen LogP contribution is -1.85.